The Morgan fingerprint density at radius 2 is 1.79 bits per heavy atom. The van der Waals surface area contributed by atoms with Gasteiger partial charge in [0.1, 0.15) is 11.4 Å². The number of anilines is 1. The molecule has 4 rings (SSSR count). The first kappa shape index (κ1) is 19.7. The number of fused-ring (bicyclic) bond motifs is 1. The third-order valence-corrected chi connectivity index (χ3v) is 6.91. The van der Waals surface area contributed by atoms with E-state index in [-0.39, 0.29) is 42.4 Å². The van der Waals surface area contributed by atoms with Crippen LogP contribution in [0.1, 0.15) is 34.4 Å². The molecule has 2 aliphatic heterocycles. The summed E-state index contributed by atoms with van der Waals surface area (Å²) in [5.74, 6) is -0.838. The number of carbonyl (C=O) groups excluding carboxylic acids is 1. The molecule has 0 radical (unpaired) electrons. The number of hydrogen-bond acceptors (Lipinski definition) is 5. The molecule has 2 aromatic rings. The van der Waals surface area contributed by atoms with Crippen molar-refractivity contribution >= 4 is 21.6 Å². The number of benzene rings is 1. The predicted molar refractivity (Wildman–Crippen MR) is 99.3 cm³/mol. The van der Waals surface area contributed by atoms with E-state index in [9.17, 15) is 26.4 Å². The molecule has 1 aromatic carbocycles. The Balaban J connectivity index is 1.68. The molecule has 11 heteroatoms. The third-order valence-electron chi connectivity index (χ3n) is 5.30. The summed E-state index contributed by atoms with van der Waals surface area (Å²) in [6.45, 7) is 0.0210. The van der Waals surface area contributed by atoms with E-state index in [1.165, 1.54) is 4.90 Å². The van der Waals surface area contributed by atoms with Gasteiger partial charge in [0.05, 0.1) is 23.7 Å². The molecule has 1 N–H and O–H groups in total. The molecule has 0 aliphatic carbocycles. The zero-order chi connectivity index (χ0) is 20.8. The largest absolute Gasteiger partial charge is 0.410 e. The van der Waals surface area contributed by atoms with Gasteiger partial charge in [-0.15, -0.1) is 0 Å². The standard InChI is InChI=1S/C18H19F3N4O3S/c19-18(20,21)15-10-14(12-4-2-1-3-5-12)23-16-13(11-22-25(15)16)17(26)24-6-8-29(27,28)9-7-24/h1-5,11,14-15,23H,6-10H2. The summed E-state index contributed by atoms with van der Waals surface area (Å²) in [5, 5.41) is 6.88. The number of carbonyl (C=O) groups is 1. The van der Waals surface area contributed by atoms with E-state index < -0.39 is 34.0 Å². The molecule has 7 nitrogen and oxygen atoms in total. The van der Waals surface area contributed by atoms with E-state index in [1.54, 1.807) is 30.3 Å². The Morgan fingerprint density at radius 3 is 2.41 bits per heavy atom. The SMILES string of the molecule is O=C(c1cnn2c1NC(c1ccccc1)CC2C(F)(F)F)N1CCS(=O)(=O)CC1. The zero-order valence-electron chi connectivity index (χ0n) is 15.3. The maximum absolute atomic E-state index is 13.7. The van der Waals surface area contributed by atoms with Crippen LogP contribution in [-0.2, 0) is 9.84 Å². The second-order valence-electron chi connectivity index (χ2n) is 7.20. The highest BCUT2D eigenvalue weighted by atomic mass is 32.2. The Kier molecular flexibility index (Phi) is 4.80. The fourth-order valence-electron chi connectivity index (χ4n) is 3.71. The van der Waals surface area contributed by atoms with Crippen LogP contribution in [0.3, 0.4) is 0 Å². The number of rotatable bonds is 2. The number of halogens is 3. The molecule has 1 saturated heterocycles. The first-order valence-corrected chi connectivity index (χ1v) is 10.9. The lowest BCUT2D eigenvalue weighted by Gasteiger charge is -2.34. The summed E-state index contributed by atoms with van der Waals surface area (Å²) in [6.07, 6.45) is -3.66. The number of hydrogen-bond donors (Lipinski definition) is 1. The summed E-state index contributed by atoms with van der Waals surface area (Å²) in [5.41, 5.74) is 0.691. The van der Waals surface area contributed by atoms with Crippen LogP contribution in [0, 0.1) is 0 Å². The van der Waals surface area contributed by atoms with Crippen molar-refractivity contribution in [3.05, 3.63) is 47.7 Å². The van der Waals surface area contributed by atoms with Gasteiger partial charge in [0.2, 0.25) is 0 Å². The van der Waals surface area contributed by atoms with E-state index in [0.717, 1.165) is 10.9 Å². The Morgan fingerprint density at radius 1 is 1.14 bits per heavy atom. The monoisotopic (exact) mass is 428 g/mol. The number of nitrogens with one attached hydrogen (secondary N) is 1. The fourth-order valence-corrected chi connectivity index (χ4v) is 4.91. The van der Waals surface area contributed by atoms with Crippen LogP contribution in [-0.4, -0.2) is 59.8 Å². The molecule has 2 aliphatic rings. The number of sulfone groups is 1. The lowest BCUT2D eigenvalue weighted by Crippen LogP contribution is -2.44. The summed E-state index contributed by atoms with van der Waals surface area (Å²) in [7, 11) is -3.19. The van der Waals surface area contributed by atoms with Crippen molar-refractivity contribution in [2.45, 2.75) is 24.7 Å². The normalized spacial score (nSPS) is 23.9. The van der Waals surface area contributed by atoms with Gasteiger partial charge in [0.15, 0.2) is 15.9 Å². The lowest BCUT2D eigenvalue weighted by atomic mass is 9.96. The van der Waals surface area contributed by atoms with E-state index in [4.69, 9.17) is 0 Å². The highest BCUT2D eigenvalue weighted by Crippen LogP contribution is 2.44. The molecule has 3 heterocycles. The average Bonchev–Trinajstić information content (AvgIpc) is 3.10. The molecule has 156 valence electrons. The summed E-state index contributed by atoms with van der Waals surface area (Å²) in [4.78, 5) is 14.2. The van der Waals surface area contributed by atoms with Crippen molar-refractivity contribution in [2.75, 3.05) is 29.9 Å². The highest BCUT2D eigenvalue weighted by Gasteiger charge is 2.47. The molecule has 1 aromatic heterocycles. The van der Waals surface area contributed by atoms with Gasteiger partial charge in [0.25, 0.3) is 5.91 Å². The van der Waals surface area contributed by atoms with Crippen LogP contribution < -0.4 is 5.32 Å². The van der Waals surface area contributed by atoms with E-state index >= 15 is 0 Å². The molecule has 1 amide bonds. The second kappa shape index (κ2) is 7.05. The van der Waals surface area contributed by atoms with Crippen LogP contribution in [0.4, 0.5) is 19.0 Å². The van der Waals surface area contributed by atoms with Crippen LogP contribution in [0.15, 0.2) is 36.5 Å². The lowest BCUT2D eigenvalue weighted by molar-refractivity contribution is -0.173. The molecule has 0 saturated carbocycles. The van der Waals surface area contributed by atoms with E-state index in [0.29, 0.717) is 5.56 Å². The summed E-state index contributed by atoms with van der Waals surface area (Å²) < 4.78 is 65.1. The first-order valence-electron chi connectivity index (χ1n) is 9.11. The predicted octanol–water partition coefficient (Wildman–Crippen LogP) is 2.41. The van der Waals surface area contributed by atoms with Gasteiger partial charge in [-0.1, -0.05) is 30.3 Å². The van der Waals surface area contributed by atoms with Crippen molar-refractivity contribution in [2.24, 2.45) is 0 Å². The summed E-state index contributed by atoms with van der Waals surface area (Å²) in [6, 6.07) is 6.21. The van der Waals surface area contributed by atoms with Crippen molar-refractivity contribution in [1.29, 1.82) is 0 Å². The molecule has 29 heavy (non-hydrogen) atoms. The minimum absolute atomic E-state index is 0.00542. The maximum Gasteiger partial charge on any atom is 0.410 e. The average molecular weight is 428 g/mol. The van der Waals surface area contributed by atoms with Gasteiger partial charge in [-0.05, 0) is 5.56 Å². The third kappa shape index (κ3) is 3.83. The van der Waals surface area contributed by atoms with Crippen molar-refractivity contribution in [3.8, 4) is 0 Å². The molecule has 0 spiro atoms. The van der Waals surface area contributed by atoms with Crippen molar-refractivity contribution in [3.63, 3.8) is 0 Å². The van der Waals surface area contributed by atoms with Crippen molar-refractivity contribution in [1.82, 2.24) is 14.7 Å². The number of amides is 1. The number of alkyl halides is 3. The molecule has 2 atom stereocenters. The van der Waals surface area contributed by atoms with Gasteiger partial charge in [-0.25, -0.2) is 13.1 Å². The molecular weight excluding hydrogens is 409 g/mol. The topological polar surface area (TPSA) is 84.3 Å². The molecule has 2 unspecified atom stereocenters. The quantitative estimate of drug-likeness (QED) is 0.794. The Labute approximate surface area is 165 Å². The molecule has 1 fully saturated rings. The van der Waals surface area contributed by atoms with E-state index in [2.05, 4.69) is 10.4 Å². The van der Waals surface area contributed by atoms with Crippen molar-refractivity contribution < 1.29 is 26.4 Å². The maximum atomic E-state index is 13.7. The van der Waals surface area contributed by atoms with Gasteiger partial charge in [0, 0.05) is 19.5 Å². The fraction of sp³-hybridized carbons (Fsp3) is 0.444. The van der Waals surface area contributed by atoms with E-state index in [1.807, 2.05) is 0 Å². The van der Waals surface area contributed by atoms with Crippen LogP contribution >= 0.6 is 0 Å². The zero-order valence-corrected chi connectivity index (χ0v) is 16.1. The second-order valence-corrected chi connectivity index (χ2v) is 9.50. The minimum atomic E-state index is -4.53. The first-order chi connectivity index (χ1) is 13.7. The Hall–Kier alpha value is -2.56. The van der Waals surface area contributed by atoms with Gasteiger partial charge < -0.3 is 10.2 Å². The minimum Gasteiger partial charge on any atom is -0.363 e. The number of nitrogens with zero attached hydrogens (tertiary/aromatic N) is 3. The highest BCUT2D eigenvalue weighted by molar-refractivity contribution is 7.91. The molecule has 0 bridgehead atoms. The Bertz CT molecular complexity index is 1010. The van der Waals surface area contributed by atoms with Crippen LogP contribution in [0.25, 0.3) is 0 Å². The summed E-state index contributed by atoms with van der Waals surface area (Å²) >= 11 is 0. The van der Waals surface area contributed by atoms with Gasteiger partial charge >= 0.3 is 6.18 Å². The molecular formula is C18H19F3N4O3S. The number of aromatic nitrogens is 2. The van der Waals surface area contributed by atoms with Crippen LogP contribution in [0.5, 0.6) is 0 Å². The van der Waals surface area contributed by atoms with Crippen LogP contribution in [0.2, 0.25) is 0 Å². The van der Waals surface area contributed by atoms with Gasteiger partial charge in [-0.2, -0.15) is 18.3 Å². The smallest absolute Gasteiger partial charge is 0.363 e. The van der Waals surface area contributed by atoms with Gasteiger partial charge in [-0.3, -0.25) is 4.79 Å².